The van der Waals surface area contributed by atoms with Crippen molar-refractivity contribution in [2.45, 2.75) is 36.3 Å². The van der Waals surface area contributed by atoms with Crippen LogP contribution in [-0.2, 0) is 11.3 Å². The number of nitrogens with one attached hydrogen (secondary N) is 1. The van der Waals surface area contributed by atoms with Gasteiger partial charge in [0.25, 0.3) is 5.91 Å². The Hall–Kier alpha value is -3.27. The fourth-order valence-electron chi connectivity index (χ4n) is 3.87. The number of para-hydroxylation sites is 1. The van der Waals surface area contributed by atoms with Crippen LogP contribution < -0.4 is 10.2 Å². The zero-order valence-electron chi connectivity index (χ0n) is 18.1. The third-order valence-corrected chi connectivity index (χ3v) is 6.36. The van der Waals surface area contributed by atoms with Crippen molar-refractivity contribution in [3.63, 3.8) is 0 Å². The minimum Gasteiger partial charge on any atom is -0.387 e. The van der Waals surface area contributed by atoms with E-state index in [1.54, 1.807) is 27.1 Å². The number of imide groups is 1. The summed E-state index contributed by atoms with van der Waals surface area (Å²) < 4.78 is 37.9. The van der Waals surface area contributed by atoms with Crippen LogP contribution in [0.5, 0.6) is 0 Å². The molecule has 6 nitrogen and oxygen atoms in total. The Morgan fingerprint density at radius 1 is 1.06 bits per heavy atom. The lowest BCUT2D eigenvalue weighted by Gasteiger charge is -2.29. The first-order chi connectivity index (χ1) is 15.5. The van der Waals surface area contributed by atoms with Gasteiger partial charge in [-0.05, 0) is 55.9 Å². The second-order valence-corrected chi connectivity index (χ2v) is 9.17. The van der Waals surface area contributed by atoms with E-state index in [-0.39, 0.29) is 28.9 Å². The molecule has 0 aliphatic carbocycles. The number of benzene rings is 2. The van der Waals surface area contributed by atoms with Crippen LogP contribution in [0, 0.1) is 0 Å². The van der Waals surface area contributed by atoms with Crippen molar-refractivity contribution in [2.24, 2.45) is 0 Å². The third kappa shape index (κ3) is 4.22. The standard InChI is InChI=1S/C23H21F3N4O2S/c1-22(2)20(31)30(14-8-10-15(11-9-14)33-23(24,25)26)21(32)29(22)13-17-16-6-4-5-7-18(16)28-12-19(17)27-3/h4-12,27H,13H2,1-3H3. The van der Waals surface area contributed by atoms with Crippen LogP contribution in [0.15, 0.2) is 59.6 Å². The van der Waals surface area contributed by atoms with Crippen molar-refractivity contribution < 1.29 is 22.8 Å². The largest absolute Gasteiger partial charge is 0.446 e. The summed E-state index contributed by atoms with van der Waals surface area (Å²) in [6.45, 7) is 3.46. The van der Waals surface area contributed by atoms with Gasteiger partial charge in [-0.15, -0.1) is 0 Å². The lowest BCUT2D eigenvalue weighted by Crippen LogP contribution is -2.43. The molecule has 2 aromatic carbocycles. The fraction of sp³-hybridized carbons (Fsp3) is 0.261. The number of fused-ring (bicyclic) bond motifs is 1. The number of alkyl halides is 3. The van der Waals surface area contributed by atoms with Crippen LogP contribution in [0.1, 0.15) is 19.4 Å². The Morgan fingerprint density at radius 3 is 2.36 bits per heavy atom. The van der Waals surface area contributed by atoms with Gasteiger partial charge in [0.2, 0.25) is 0 Å². The molecule has 10 heteroatoms. The number of aromatic nitrogens is 1. The summed E-state index contributed by atoms with van der Waals surface area (Å²) in [7, 11) is 1.75. The fourth-order valence-corrected chi connectivity index (χ4v) is 4.41. The monoisotopic (exact) mass is 474 g/mol. The van der Waals surface area contributed by atoms with Gasteiger partial charge >= 0.3 is 11.5 Å². The maximum absolute atomic E-state index is 13.4. The van der Waals surface area contributed by atoms with Crippen molar-refractivity contribution in [3.8, 4) is 0 Å². The number of hydrogen-bond donors (Lipinski definition) is 1. The summed E-state index contributed by atoms with van der Waals surface area (Å²) in [6, 6.07) is 12.2. The number of rotatable bonds is 5. The quantitative estimate of drug-likeness (QED) is 0.383. The molecule has 1 N–H and O–H groups in total. The summed E-state index contributed by atoms with van der Waals surface area (Å²) in [4.78, 5) is 33.5. The third-order valence-electron chi connectivity index (χ3n) is 5.62. The second kappa shape index (κ2) is 8.26. The van der Waals surface area contributed by atoms with Crippen molar-refractivity contribution >= 4 is 46.0 Å². The van der Waals surface area contributed by atoms with E-state index in [2.05, 4.69) is 10.3 Å². The van der Waals surface area contributed by atoms with Crippen molar-refractivity contribution in [3.05, 3.63) is 60.3 Å². The average molecular weight is 475 g/mol. The van der Waals surface area contributed by atoms with Crippen molar-refractivity contribution in [1.82, 2.24) is 9.88 Å². The molecule has 1 saturated heterocycles. The number of hydrogen-bond acceptors (Lipinski definition) is 5. The highest BCUT2D eigenvalue weighted by Gasteiger charge is 2.52. The van der Waals surface area contributed by atoms with Gasteiger partial charge in [-0.2, -0.15) is 13.2 Å². The highest BCUT2D eigenvalue weighted by atomic mass is 32.2. The molecule has 33 heavy (non-hydrogen) atoms. The smallest absolute Gasteiger partial charge is 0.387 e. The van der Waals surface area contributed by atoms with E-state index in [9.17, 15) is 22.8 Å². The predicted octanol–water partition coefficient (Wildman–Crippen LogP) is 5.64. The Morgan fingerprint density at radius 2 is 1.73 bits per heavy atom. The van der Waals surface area contributed by atoms with Gasteiger partial charge < -0.3 is 10.2 Å². The molecule has 2 heterocycles. The first-order valence-corrected chi connectivity index (χ1v) is 10.9. The van der Waals surface area contributed by atoms with Crippen LogP contribution in [0.3, 0.4) is 0 Å². The number of pyridine rings is 1. The number of halogens is 3. The first-order valence-electron chi connectivity index (χ1n) is 10.1. The molecule has 0 unspecified atom stereocenters. The van der Waals surface area contributed by atoms with E-state index in [1.807, 2.05) is 24.3 Å². The highest BCUT2D eigenvalue weighted by Crippen LogP contribution is 2.39. The Bertz CT molecular complexity index is 1230. The minimum atomic E-state index is -4.42. The maximum atomic E-state index is 13.4. The lowest BCUT2D eigenvalue weighted by atomic mass is 10.0. The highest BCUT2D eigenvalue weighted by molar-refractivity contribution is 8.00. The van der Waals surface area contributed by atoms with E-state index in [0.29, 0.717) is 0 Å². The van der Waals surface area contributed by atoms with E-state index in [4.69, 9.17) is 0 Å². The topological polar surface area (TPSA) is 65.5 Å². The summed E-state index contributed by atoms with van der Waals surface area (Å²) in [5, 5.41) is 3.94. The Kier molecular flexibility index (Phi) is 5.73. The van der Waals surface area contributed by atoms with E-state index in [0.717, 1.165) is 27.1 Å². The molecule has 1 aliphatic rings. The van der Waals surface area contributed by atoms with Crippen LogP contribution in [0.4, 0.5) is 29.3 Å². The minimum absolute atomic E-state index is 0.0246. The summed E-state index contributed by atoms with van der Waals surface area (Å²) in [5.74, 6) is -0.451. The van der Waals surface area contributed by atoms with Gasteiger partial charge in [0.15, 0.2) is 0 Å². The van der Waals surface area contributed by atoms with Crippen LogP contribution in [0.25, 0.3) is 10.9 Å². The van der Waals surface area contributed by atoms with Crippen LogP contribution >= 0.6 is 11.8 Å². The number of anilines is 2. The molecule has 0 saturated carbocycles. The van der Waals surface area contributed by atoms with Gasteiger partial charge in [0.1, 0.15) is 5.54 Å². The predicted molar refractivity (Wildman–Crippen MR) is 122 cm³/mol. The molecule has 1 aliphatic heterocycles. The van der Waals surface area contributed by atoms with Gasteiger partial charge in [-0.3, -0.25) is 9.78 Å². The number of nitrogens with zero attached hydrogens (tertiary/aromatic N) is 3. The van der Waals surface area contributed by atoms with E-state index in [1.165, 1.54) is 29.2 Å². The summed E-state index contributed by atoms with van der Waals surface area (Å²) in [6.07, 6.45) is 1.68. The van der Waals surface area contributed by atoms with Crippen molar-refractivity contribution in [1.29, 1.82) is 0 Å². The van der Waals surface area contributed by atoms with Gasteiger partial charge in [0, 0.05) is 22.9 Å². The zero-order chi connectivity index (χ0) is 24.0. The number of amides is 3. The number of thioether (sulfide) groups is 1. The molecule has 0 atom stereocenters. The zero-order valence-corrected chi connectivity index (χ0v) is 18.9. The summed E-state index contributed by atoms with van der Waals surface area (Å²) in [5.41, 5.74) is -3.05. The molecule has 4 rings (SSSR count). The van der Waals surface area contributed by atoms with Crippen LogP contribution in [0.2, 0.25) is 0 Å². The van der Waals surface area contributed by atoms with Gasteiger partial charge in [0.05, 0.1) is 29.6 Å². The van der Waals surface area contributed by atoms with E-state index >= 15 is 0 Å². The molecule has 1 fully saturated rings. The van der Waals surface area contributed by atoms with Crippen LogP contribution in [-0.4, -0.2) is 39.9 Å². The van der Waals surface area contributed by atoms with E-state index < -0.39 is 23.0 Å². The summed E-state index contributed by atoms with van der Waals surface area (Å²) >= 11 is -0.251. The number of urea groups is 1. The molecule has 172 valence electrons. The first kappa shape index (κ1) is 22.9. The second-order valence-electron chi connectivity index (χ2n) is 8.03. The van der Waals surface area contributed by atoms with Gasteiger partial charge in [-0.25, -0.2) is 9.69 Å². The molecule has 1 aromatic heterocycles. The molecule has 3 aromatic rings. The normalized spacial score (nSPS) is 16.1. The SMILES string of the molecule is CNc1cnc2ccccc2c1CN1C(=O)N(c2ccc(SC(F)(F)F)cc2)C(=O)C1(C)C. The molecular formula is C23H21F3N4O2S. The molecule has 0 spiro atoms. The lowest BCUT2D eigenvalue weighted by molar-refractivity contribution is -0.123. The molecule has 0 radical (unpaired) electrons. The molecule has 0 bridgehead atoms. The number of carbonyl (C=O) groups excluding carboxylic acids is 2. The van der Waals surface area contributed by atoms with Crippen molar-refractivity contribution in [2.75, 3.05) is 17.3 Å². The molecule has 3 amide bonds. The average Bonchev–Trinajstić information content (AvgIpc) is 2.93. The van der Waals surface area contributed by atoms with Gasteiger partial charge in [-0.1, -0.05) is 18.2 Å². The number of carbonyl (C=O) groups is 2. The Labute approximate surface area is 192 Å². The Balaban J connectivity index is 1.69. The molecular weight excluding hydrogens is 453 g/mol. The maximum Gasteiger partial charge on any atom is 0.446 e.